The summed E-state index contributed by atoms with van der Waals surface area (Å²) in [5, 5.41) is 2.80. The van der Waals surface area contributed by atoms with Crippen LogP contribution in [0.3, 0.4) is 0 Å². The predicted molar refractivity (Wildman–Crippen MR) is 79.2 cm³/mol. The summed E-state index contributed by atoms with van der Waals surface area (Å²) >= 11 is 4.90. The monoisotopic (exact) mass is 281 g/mol. The summed E-state index contributed by atoms with van der Waals surface area (Å²) in [6.45, 7) is 4.69. The number of amides is 1. The van der Waals surface area contributed by atoms with Crippen molar-refractivity contribution in [1.29, 1.82) is 0 Å². The fourth-order valence-electron chi connectivity index (χ4n) is 1.46. The highest BCUT2D eigenvalue weighted by Gasteiger charge is 2.11. The van der Waals surface area contributed by atoms with Gasteiger partial charge in [-0.1, -0.05) is 19.1 Å². The number of anilines is 1. The van der Waals surface area contributed by atoms with Gasteiger partial charge in [-0.15, -0.1) is 0 Å². The molecule has 0 spiro atoms. The largest absolute Gasteiger partial charge is 0.388 e. The Morgan fingerprint density at radius 3 is 2.79 bits per heavy atom. The molecule has 0 saturated heterocycles. The van der Waals surface area contributed by atoms with Gasteiger partial charge >= 0.3 is 0 Å². The number of aromatic nitrogens is 2. The second kappa shape index (κ2) is 6.98. The standard InChI is InChI=1S/C12H19N5OS/c1-4-5-14-10(18)7-17(3)12-15-8(2)6-9(16-12)11(13)19/h6H,4-5,7H2,1-3H3,(H2,13,19)(H,14,18). The zero-order chi connectivity index (χ0) is 14.4. The lowest BCUT2D eigenvalue weighted by atomic mass is 10.3. The Labute approximate surface area is 118 Å². The maximum absolute atomic E-state index is 11.6. The number of nitrogens with zero attached hydrogens (tertiary/aromatic N) is 3. The Morgan fingerprint density at radius 1 is 1.53 bits per heavy atom. The Balaban J connectivity index is 2.79. The van der Waals surface area contributed by atoms with Crippen LogP contribution in [-0.4, -0.2) is 41.0 Å². The Kier molecular flexibility index (Phi) is 5.62. The quantitative estimate of drug-likeness (QED) is 0.734. The number of thiocarbonyl (C=S) groups is 1. The fourth-order valence-corrected chi connectivity index (χ4v) is 1.56. The second-order valence-electron chi connectivity index (χ2n) is 4.26. The number of nitrogens with one attached hydrogen (secondary N) is 1. The zero-order valence-corrected chi connectivity index (χ0v) is 12.3. The minimum Gasteiger partial charge on any atom is -0.388 e. The molecule has 1 heterocycles. The third kappa shape index (κ3) is 4.78. The summed E-state index contributed by atoms with van der Waals surface area (Å²) in [5.41, 5.74) is 6.83. The van der Waals surface area contributed by atoms with E-state index >= 15 is 0 Å². The minimum absolute atomic E-state index is 0.0636. The highest BCUT2D eigenvalue weighted by molar-refractivity contribution is 7.80. The summed E-state index contributed by atoms with van der Waals surface area (Å²) in [7, 11) is 1.75. The molecule has 1 rings (SSSR count). The summed E-state index contributed by atoms with van der Waals surface area (Å²) in [5.74, 6) is 0.376. The number of nitrogens with two attached hydrogens (primary N) is 1. The van der Waals surface area contributed by atoms with Gasteiger partial charge < -0.3 is 16.0 Å². The van der Waals surface area contributed by atoms with Gasteiger partial charge in [0.05, 0.1) is 6.54 Å². The summed E-state index contributed by atoms with van der Waals surface area (Å²) < 4.78 is 0. The molecule has 0 aromatic carbocycles. The first kappa shape index (κ1) is 15.3. The van der Waals surface area contributed by atoms with Crippen molar-refractivity contribution in [2.45, 2.75) is 20.3 Å². The van der Waals surface area contributed by atoms with E-state index < -0.39 is 0 Å². The summed E-state index contributed by atoms with van der Waals surface area (Å²) in [4.78, 5) is 22.0. The van der Waals surface area contributed by atoms with Crippen molar-refractivity contribution in [2.24, 2.45) is 5.73 Å². The molecule has 0 unspecified atom stereocenters. The van der Waals surface area contributed by atoms with Gasteiger partial charge in [-0.05, 0) is 19.4 Å². The zero-order valence-electron chi connectivity index (χ0n) is 11.4. The van der Waals surface area contributed by atoms with Crippen LogP contribution in [0.2, 0.25) is 0 Å². The van der Waals surface area contributed by atoms with Crippen LogP contribution in [0, 0.1) is 6.92 Å². The first-order valence-electron chi connectivity index (χ1n) is 6.07. The van der Waals surface area contributed by atoms with Crippen molar-refractivity contribution in [3.8, 4) is 0 Å². The Bertz CT molecular complexity index is 477. The van der Waals surface area contributed by atoms with Crippen molar-refractivity contribution in [2.75, 3.05) is 25.0 Å². The van der Waals surface area contributed by atoms with E-state index in [1.165, 1.54) is 0 Å². The molecule has 1 aromatic heterocycles. The van der Waals surface area contributed by atoms with E-state index in [0.717, 1.165) is 12.1 Å². The van der Waals surface area contributed by atoms with Gasteiger partial charge in [0.2, 0.25) is 11.9 Å². The van der Waals surface area contributed by atoms with Crippen LogP contribution in [0.25, 0.3) is 0 Å². The average molecular weight is 281 g/mol. The number of carbonyl (C=O) groups excluding carboxylic acids is 1. The van der Waals surface area contributed by atoms with Gasteiger partial charge in [0.1, 0.15) is 10.7 Å². The van der Waals surface area contributed by atoms with Crippen molar-refractivity contribution in [1.82, 2.24) is 15.3 Å². The smallest absolute Gasteiger partial charge is 0.239 e. The van der Waals surface area contributed by atoms with Crippen molar-refractivity contribution < 1.29 is 4.79 Å². The Hall–Kier alpha value is -1.76. The molecule has 0 saturated carbocycles. The SMILES string of the molecule is CCCNC(=O)CN(C)c1nc(C)cc(C(N)=S)n1. The third-order valence-corrected chi connectivity index (χ3v) is 2.60. The van der Waals surface area contributed by atoms with Gasteiger partial charge in [0.25, 0.3) is 0 Å². The maximum Gasteiger partial charge on any atom is 0.239 e. The molecule has 0 radical (unpaired) electrons. The molecule has 1 aromatic rings. The van der Waals surface area contributed by atoms with Gasteiger partial charge in [-0.3, -0.25) is 4.79 Å². The predicted octanol–water partition coefficient (Wildman–Crippen LogP) is 0.382. The number of rotatable bonds is 6. The van der Waals surface area contributed by atoms with Crippen LogP contribution in [0.15, 0.2) is 6.07 Å². The van der Waals surface area contributed by atoms with Crippen LogP contribution in [0.1, 0.15) is 24.7 Å². The first-order valence-corrected chi connectivity index (χ1v) is 6.48. The molecule has 0 aliphatic carbocycles. The lowest BCUT2D eigenvalue weighted by Gasteiger charge is -2.17. The van der Waals surface area contributed by atoms with Crippen molar-refractivity contribution in [3.63, 3.8) is 0 Å². The van der Waals surface area contributed by atoms with Crippen LogP contribution in [0.5, 0.6) is 0 Å². The molecule has 0 atom stereocenters. The van der Waals surface area contributed by atoms with E-state index in [1.807, 2.05) is 13.8 Å². The van der Waals surface area contributed by atoms with E-state index in [4.69, 9.17) is 18.0 Å². The maximum atomic E-state index is 11.6. The number of carbonyl (C=O) groups is 1. The van der Waals surface area contributed by atoms with Gasteiger partial charge in [0, 0.05) is 19.3 Å². The van der Waals surface area contributed by atoms with Crippen LogP contribution in [0.4, 0.5) is 5.95 Å². The molecule has 0 bridgehead atoms. The molecule has 104 valence electrons. The minimum atomic E-state index is -0.0636. The lowest BCUT2D eigenvalue weighted by Crippen LogP contribution is -2.36. The highest BCUT2D eigenvalue weighted by Crippen LogP contribution is 2.08. The first-order chi connectivity index (χ1) is 8.93. The van der Waals surface area contributed by atoms with E-state index in [1.54, 1.807) is 18.0 Å². The average Bonchev–Trinajstić information content (AvgIpc) is 2.35. The number of likely N-dealkylation sites (N-methyl/N-ethyl adjacent to an activating group) is 1. The van der Waals surface area contributed by atoms with Gasteiger partial charge in [-0.25, -0.2) is 9.97 Å². The number of hydrogen-bond donors (Lipinski definition) is 2. The Morgan fingerprint density at radius 2 is 2.21 bits per heavy atom. The molecule has 6 nitrogen and oxygen atoms in total. The number of hydrogen-bond acceptors (Lipinski definition) is 5. The van der Waals surface area contributed by atoms with E-state index in [9.17, 15) is 4.79 Å². The number of aryl methyl sites for hydroxylation is 1. The third-order valence-electron chi connectivity index (χ3n) is 2.39. The van der Waals surface area contributed by atoms with Crippen molar-refractivity contribution in [3.05, 3.63) is 17.5 Å². The molecular formula is C12H19N5OS. The molecular weight excluding hydrogens is 262 g/mol. The highest BCUT2D eigenvalue weighted by atomic mass is 32.1. The van der Waals surface area contributed by atoms with Crippen molar-refractivity contribution >= 4 is 29.1 Å². The molecule has 19 heavy (non-hydrogen) atoms. The van der Waals surface area contributed by atoms with Crippen LogP contribution >= 0.6 is 12.2 Å². The normalized spacial score (nSPS) is 10.1. The molecule has 7 heteroatoms. The fraction of sp³-hybridized carbons (Fsp3) is 0.500. The molecule has 0 aliphatic heterocycles. The topological polar surface area (TPSA) is 84.1 Å². The van der Waals surface area contributed by atoms with E-state index in [0.29, 0.717) is 18.2 Å². The molecule has 0 fully saturated rings. The summed E-state index contributed by atoms with van der Waals surface area (Å²) in [6, 6.07) is 1.72. The molecule has 0 aliphatic rings. The van der Waals surface area contributed by atoms with E-state index in [2.05, 4.69) is 15.3 Å². The molecule has 3 N–H and O–H groups in total. The van der Waals surface area contributed by atoms with Crippen LogP contribution < -0.4 is 16.0 Å². The lowest BCUT2D eigenvalue weighted by molar-refractivity contribution is -0.119. The van der Waals surface area contributed by atoms with Crippen LogP contribution in [-0.2, 0) is 4.79 Å². The second-order valence-corrected chi connectivity index (χ2v) is 4.70. The summed E-state index contributed by atoms with van der Waals surface area (Å²) in [6.07, 6.45) is 0.905. The van der Waals surface area contributed by atoms with Gasteiger partial charge in [0.15, 0.2) is 0 Å². The van der Waals surface area contributed by atoms with Gasteiger partial charge in [-0.2, -0.15) is 0 Å². The van der Waals surface area contributed by atoms with E-state index in [-0.39, 0.29) is 17.4 Å². The molecule has 1 amide bonds.